The van der Waals surface area contributed by atoms with E-state index in [4.69, 9.17) is 0 Å². The monoisotopic (exact) mass is 261 g/mol. The Bertz CT molecular complexity index is 392. The second-order valence-electron chi connectivity index (χ2n) is 4.38. The van der Waals surface area contributed by atoms with Gasteiger partial charge in [0.2, 0.25) is 0 Å². The molecule has 0 aromatic heterocycles. The topological polar surface area (TPSA) is 3.24 Å². The van der Waals surface area contributed by atoms with E-state index < -0.39 is 11.7 Å². The molecule has 1 aliphatic rings. The molecule has 1 heterocycles. The second kappa shape index (κ2) is 4.90. The second-order valence-corrected chi connectivity index (χ2v) is 5.11. The van der Waals surface area contributed by atoms with Gasteiger partial charge in [-0.25, -0.2) is 0 Å². The van der Waals surface area contributed by atoms with Crippen molar-refractivity contribution in [3.05, 3.63) is 35.4 Å². The van der Waals surface area contributed by atoms with Crippen molar-refractivity contribution in [1.82, 2.24) is 4.90 Å². The lowest BCUT2D eigenvalue weighted by molar-refractivity contribution is -0.137. The van der Waals surface area contributed by atoms with Gasteiger partial charge in [0, 0.05) is 18.3 Å². The van der Waals surface area contributed by atoms with Crippen LogP contribution in [0.3, 0.4) is 0 Å². The fraction of sp³-hybridized carbons (Fsp3) is 0.500. The van der Waals surface area contributed by atoms with Gasteiger partial charge >= 0.3 is 6.18 Å². The molecule has 0 amide bonds. The van der Waals surface area contributed by atoms with Gasteiger partial charge < -0.3 is 0 Å². The molecule has 0 unspecified atom stereocenters. The third-order valence-electron chi connectivity index (χ3n) is 2.91. The minimum Gasteiger partial charge on any atom is -0.298 e. The Balaban J connectivity index is 2.06. The van der Waals surface area contributed by atoms with E-state index in [1.807, 2.05) is 0 Å². The molecule has 0 aliphatic carbocycles. The number of halogens is 3. The summed E-state index contributed by atoms with van der Waals surface area (Å²) in [6.45, 7) is 2.32. The summed E-state index contributed by atoms with van der Waals surface area (Å²) in [4.78, 5) is 2.13. The maximum atomic E-state index is 12.5. The maximum Gasteiger partial charge on any atom is 0.416 e. The number of nitrogens with zero attached hydrogens (tertiary/aromatic N) is 1. The summed E-state index contributed by atoms with van der Waals surface area (Å²) in [6, 6.07) is 5.54. The van der Waals surface area contributed by atoms with Crippen LogP contribution < -0.4 is 0 Å². The highest BCUT2D eigenvalue weighted by molar-refractivity contribution is 7.81. The lowest BCUT2D eigenvalue weighted by Gasteiger charge is -2.16. The molecule has 2 rings (SSSR count). The van der Waals surface area contributed by atoms with E-state index in [0.717, 1.165) is 25.6 Å². The number of alkyl halides is 3. The Morgan fingerprint density at radius 2 is 2.12 bits per heavy atom. The largest absolute Gasteiger partial charge is 0.416 e. The summed E-state index contributed by atoms with van der Waals surface area (Å²) in [5, 5.41) is 0.348. The normalized spacial score (nSPS) is 22.0. The van der Waals surface area contributed by atoms with Crippen molar-refractivity contribution in [3.8, 4) is 0 Å². The van der Waals surface area contributed by atoms with Gasteiger partial charge in [-0.15, -0.1) is 0 Å². The van der Waals surface area contributed by atoms with Crippen molar-refractivity contribution < 1.29 is 13.2 Å². The van der Waals surface area contributed by atoms with Crippen molar-refractivity contribution in [1.29, 1.82) is 0 Å². The Morgan fingerprint density at radius 1 is 1.35 bits per heavy atom. The van der Waals surface area contributed by atoms with Crippen LogP contribution in [0, 0.1) is 0 Å². The van der Waals surface area contributed by atoms with Crippen LogP contribution in [0.5, 0.6) is 0 Å². The molecule has 94 valence electrons. The van der Waals surface area contributed by atoms with Gasteiger partial charge in [-0.2, -0.15) is 25.8 Å². The van der Waals surface area contributed by atoms with Gasteiger partial charge in [-0.1, -0.05) is 18.2 Å². The lowest BCUT2D eigenvalue weighted by atomic mass is 10.1. The summed E-state index contributed by atoms with van der Waals surface area (Å²) in [6.07, 6.45) is -3.25. The minimum atomic E-state index is -4.26. The first-order chi connectivity index (χ1) is 7.95. The van der Waals surface area contributed by atoms with Crippen LogP contribution in [0.25, 0.3) is 0 Å². The number of thiol groups is 1. The number of hydrogen-bond donors (Lipinski definition) is 1. The molecule has 1 aromatic carbocycles. The molecule has 1 aliphatic heterocycles. The van der Waals surface area contributed by atoms with E-state index in [1.165, 1.54) is 12.1 Å². The predicted molar refractivity (Wildman–Crippen MR) is 64.1 cm³/mol. The van der Waals surface area contributed by atoms with Crippen molar-refractivity contribution in [2.45, 2.75) is 24.4 Å². The van der Waals surface area contributed by atoms with Crippen molar-refractivity contribution >= 4 is 12.6 Å². The third-order valence-corrected chi connectivity index (χ3v) is 3.33. The first kappa shape index (κ1) is 12.8. The standard InChI is InChI=1S/C12H14F3NS/c13-12(14,15)10-3-1-2-9(6-10)7-16-5-4-11(17)8-16/h1-3,6,11,17H,4-5,7-8H2/t11-/m0/s1. The van der Waals surface area contributed by atoms with Crippen LogP contribution in [0.4, 0.5) is 13.2 Å². The highest BCUT2D eigenvalue weighted by Crippen LogP contribution is 2.30. The van der Waals surface area contributed by atoms with Crippen LogP contribution in [0.2, 0.25) is 0 Å². The van der Waals surface area contributed by atoms with E-state index in [2.05, 4.69) is 17.5 Å². The van der Waals surface area contributed by atoms with Crippen molar-refractivity contribution in [2.24, 2.45) is 0 Å². The molecule has 0 bridgehead atoms. The summed E-state index contributed by atoms with van der Waals surface area (Å²) in [5.74, 6) is 0. The van der Waals surface area contributed by atoms with Crippen molar-refractivity contribution in [3.63, 3.8) is 0 Å². The number of rotatable bonds is 2. The Labute approximate surface area is 104 Å². The molecule has 1 saturated heterocycles. The molecule has 1 nitrogen and oxygen atoms in total. The molecule has 1 aromatic rings. The summed E-state index contributed by atoms with van der Waals surface area (Å²) in [5.41, 5.74) is 0.138. The summed E-state index contributed by atoms with van der Waals surface area (Å²) >= 11 is 4.36. The molecule has 0 saturated carbocycles. The smallest absolute Gasteiger partial charge is 0.298 e. The minimum absolute atomic E-state index is 0.348. The van der Waals surface area contributed by atoms with Crippen LogP contribution in [-0.2, 0) is 12.7 Å². The summed E-state index contributed by atoms with van der Waals surface area (Å²) < 4.78 is 37.6. The predicted octanol–water partition coefficient (Wildman–Crippen LogP) is 3.21. The quantitative estimate of drug-likeness (QED) is 0.800. The molecule has 17 heavy (non-hydrogen) atoms. The van der Waals surface area contributed by atoms with Gasteiger partial charge in [0.25, 0.3) is 0 Å². The molecule has 5 heteroatoms. The van der Waals surface area contributed by atoms with Crippen molar-refractivity contribution in [2.75, 3.05) is 13.1 Å². The molecule has 1 fully saturated rings. The number of likely N-dealkylation sites (tertiary alicyclic amines) is 1. The molecular formula is C12H14F3NS. The first-order valence-electron chi connectivity index (χ1n) is 5.52. The highest BCUT2D eigenvalue weighted by atomic mass is 32.1. The Morgan fingerprint density at radius 3 is 2.71 bits per heavy atom. The van der Waals surface area contributed by atoms with E-state index in [1.54, 1.807) is 6.07 Å². The molecule has 0 spiro atoms. The van der Waals surface area contributed by atoms with Crippen LogP contribution in [-0.4, -0.2) is 23.2 Å². The van der Waals surface area contributed by atoms with E-state index >= 15 is 0 Å². The fourth-order valence-corrected chi connectivity index (χ4v) is 2.41. The average molecular weight is 261 g/mol. The zero-order chi connectivity index (χ0) is 12.5. The molecule has 0 radical (unpaired) electrons. The average Bonchev–Trinajstić information content (AvgIpc) is 2.63. The van der Waals surface area contributed by atoms with Gasteiger partial charge in [0.05, 0.1) is 5.56 Å². The van der Waals surface area contributed by atoms with Crippen LogP contribution in [0.15, 0.2) is 24.3 Å². The van der Waals surface area contributed by atoms with Gasteiger partial charge in [-0.05, 0) is 24.6 Å². The lowest BCUT2D eigenvalue weighted by Crippen LogP contribution is -2.20. The molecule has 0 N–H and O–H groups in total. The fourth-order valence-electron chi connectivity index (χ4n) is 2.06. The maximum absolute atomic E-state index is 12.5. The van der Waals surface area contributed by atoms with Gasteiger partial charge in [0.15, 0.2) is 0 Å². The highest BCUT2D eigenvalue weighted by Gasteiger charge is 2.30. The van der Waals surface area contributed by atoms with E-state index in [-0.39, 0.29) is 0 Å². The van der Waals surface area contributed by atoms with Gasteiger partial charge in [0.1, 0.15) is 0 Å². The number of benzene rings is 1. The van der Waals surface area contributed by atoms with Gasteiger partial charge in [-0.3, -0.25) is 4.90 Å². The first-order valence-corrected chi connectivity index (χ1v) is 6.03. The van der Waals surface area contributed by atoms with E-state index in [0.29, 0.717) is 17.4 Å². The number of hydrogen-bond acceptors (Lipinski definition) is 2. The molecular weight excluding hydrogens is 247 g/mol. The van der Waals surface area contributed by atoms with E-state index in [9.17, 15) is 13.2 Å². The van der Waals surface area contributed by atoms with Crippen LogP contribution in [0.1, 0.15) is 17.5 Å². The zero-order valence-electron chi connectivity index (χ0n) is 9.24. The molecule has 1 atom stereocenters. The Hall–Kier alpha value is -0.680. The third kappa shape index (κ3) is 3.39. The van der Waals surface area contributed by atoms with Crippen LogP contribution >= 0.6 is 12.6 Å². The summed E-state index contributed by atoms with van der Waals surface area (Å²) in [7, 11) is 0. The Kier molecular flexibility index (Phi) is 3.68. The zero-order valence-corrected chi connectivity index (χ0v) is 10.1. The SMILES string of the molecule is FC(F)(F)c1cccc(CN2CC[C@H](S)C2)c1.